The van der Waals surface area contributed by atoms with Crippen LogP contribution in [0, 0.1) is 0 Å². The second-order valence-electron chi connectivity index (χ2n) is 6.59. The molecule has 0 atom stereocenters. The highest BCUT2D eigenvalue weighted by Crippen LogP contribution is 2.30. The number of hydrogen-bond acceptors (Lipinski definition) is 0. The van der Waals surface area contributed by atoms with Crippen LogP contribution in [0.3, 0.4) is 0 Å². The maximum atomic E-state index is 2.23. The fourth-order valence-electron chi connectivity index (χ4n) is 3.93. The van der Waals surface area contributed by atoms with Gasteiger partial charge in [-0.05, 0) is 50.2 Å². The van der Waals surface area contributed by atoms with Crippen molar-refractivity contribution >= 4 is 39.8 Å². The van der Waals surface area contributed by atoms with E-state index in [9.17, 15) is 0 Å². The third-order valence-corrected chi connectivity index (χ3v) is 5.07. The van der Waals surface area contributed by atoms with Crippen molar-refractivity contribution < 1.29 is 0 Å². The smallest absolute Gasteiger partial charge is 0.00389 e. The Labute approximate surface area is 147 Å². The highest BCUT2D eigenvalue weighted by Gasteiger charge is 2.07. The van der Waals surface area contributed by atoms with E-state index in [2.05, 4.69) is 97.1 Å². The Morgan fingerprint density at radius 3 is 1.64 bits per heavy atom. The summed E-state index contributed by atoms with van der Waals surface area (Å²) in [6.07, 6.45) is 9.89. The lowest BCUT2D eigenvalue weighted by Crippen LogP contribution is -1.91. The molecule has 0 bridgehead atoms. The van der Waals surface area contributed by atoms with E-state index in [4.69, 9.17) is 0 Å². The molecule has 0 saturated heterocycles. The summed E-state index contributed by atoms with van der Waals surface area (Å²) in [5.41, 5.74) is 5.51. The van der Waals surface area contributed by atoms with Crippen LogP contribution in [0.2, 0.25) is 0 Å². The number of rotatable bonds is 0. The van der Waals surface area contributed by atoms with Gasteiger partial charge in [-0.25, -0.2) is 0 Å². The van der Waals surface area contributed by atoms with Crippen LogP contribution in [0.25, 0.3) is 39.8 Å². The van der Waals surface area contributed by atoms with Gasteiger partial charge in [0, 0.05) is 0 Å². The Bertz CT molecular complexity index is 1110. The summed E-state index contributed by atoms with van der Waals surface area (Å²) in [4.78, 5) is 0. The summed E-state index contributed by atoms with van der Waals surface area (Å²) < 4.78 is 0. The van der Waals surface area contributed by atoms with Gasteiger partial charge in [0.25, 0.3) is 0 Å². The molecule has 0 aliphatic heterocycles. The van der Waals surface area contributed by atoms with E-state index in [1.807, 2.05) is 0 Å². The van der Waals surface area contributed by atoms with Crippen LogP contribution in [-0.2, 0) is 6.42 Å². The average molecular weight is 318 g/mol. The lowest BCUT2D eigenvalue weighted by atomic mass is 9.93. The molecule has 0 aromatic heterocycles. The minimum absolute atomic E-state index is 1.08. The molecule has 0 spiro atoms. The molecule has 0 amide bonds. The SMILES string of the molecule is C1=Cc2cccc3cccc(c23)C1.C1=Cc2cccc3cccc1c23. The van der Waals surface area contributed by atoms with Gasteiger partial charge in [0.05, 0.1) is 0 Å². The predicted octanol–water partition coefficient (Wildman–Crippen LogP) is 6.73. The Hall–Kier alpha value is -3.12. The quantitative estimate of drug-likeness (QED) is 0.297. The topological polar surface area (TPSA) is 0 Å². The Morgan fingerprint density at radius 2 is 1.00 bits per heavy atom. The van der Waals surface area contributed by atoms with Gasteiger partial charge in [-0.2, -0.15) is 0 Å². The van der Waals surface area contributed by atoms with E-state index in [1.54, 1.807) is 0 Å². The molecular weight excluding hydrogens is 300 g/mol. The summed E-state index contributed by atoms with van der Waals surface area (Å²) in [5, 5.41) is 5.54. The molecule has 118 valence electrons. The zero-order valence-electron chi connectivity index (χ0n) is 13.9. The van der Waals surface area contributed by atoms with Gasteiger partial charge in [0.1, 0.15) is 0 Å². The van der Waals surface area contributed by atoms with Crippen molar-refractivity contribution in [3.63, 3.8) is 0 Å². The minimum atomic E-state index is 1.08. The number of benzene rings is 4. The van der Waals surface area contributed by atoms with Gasteiger partial charge >= 0.3 is 0 Å². The maximum absolute atomic E-state index is 2.23. The van der Waals surface area contributed by atoms with Crippen molar-refractivity contribution in [2.75, 3.05) is 0 Å². The molecule has 0 radical (unpaired) electrons. The van der Waals surface area contributed by atoms with Crippen LogP contribution in [0.5, 0.6) is 0 Å². The summed E-state index contributed by atoms with van der Waals surface area (Å²) in [5.74, 6) is 0. The van der Waals surface area contributed by atoms with Crippen LogP contribution in [-0.4, -0.2) is 0 Å². The molecular formula is C25H18. The van der Waals surface area contributed by atoms with Crippen molar-refractivity contribution in [2.45, 2.75) is 6.42 Å². The predicted molar refractivity (Wildman–Crippen MR) is 110 cm³/mol. The van der Waals surface area contributed by atoms with Gasteiger partial charge < -0.3 is 0 Å². The fourth-order valence-corrected chi connectivity index (χ4v) is 3.93. The highest BCUT2D eigenvalue weighted by atomic mass is 14.1. The van der Waals surface area contributed by atoms with E-state index in [1.165, 1.54) is 43.8 Å². The van der Waals surface area contributed by atoms with E-state index in [-0.39, 0.29) is 0 Å². The molecule has 0 fully saturated rings. The normalized spacial score (nSPS) is 13.1. The van der Waals surface area contributed by atoms with Gasteiger partial charge in [-0.15, -0.1) is 0 Å². The molecule has 0 heterocycles. The third-order valence-electron chi connectivity index (χ3n) is 5.07. The van der Waals surface area contributed by atoms with Crippen LogP contribution in [0.4, 0.5) is 0 Å². The molecule has 6 rings (SSSR count). The summed E-state index contributed by atoms with van der Waals surface area (Å²) in [6, 6.07) is 25.9. The second-order valence-corrected chi connectivity index (χ2v) is 6.59. The number of hydrogen-bond donors (Lipinski definition) is 0. The summed E-state index contributed by atoms with van der Waals surface area (Å²) in [7, 11) is 0. The molecule has 0 nitrogen and oxygen atoms in total. The monoisotopic (exact) mass is 318 g/mol. The van der Waals surface area contributed by atoms with Crippen LogP contribution in [0.15, 0.2) is 78.9 Å². The van der Waals surface area contributed by atoms with Gasteiger partial charge in [0.15, 0.2) is 0 Å². The van der Waals surface area contributed by atoms with Crippen molar-refractivity contribution in [3.8, 4) is 0 Å². The third kappa shape index (κ3) is 2.38. The van der Waals surface area contributed by atoms with Gasteiger partial charge in [-0.3, -0.25) is 0 Å². The van der Waals surface area contributed by atoms with Crippen LogP contribution >= 0.6 is 0 Å². The molecule has 0 N–H and O–H groups in total. The Balaban J connectivity index is 0.000000112. The second kappa shape index (κ2) is 5.75. The molecule has 0 unspecified atom stereocenters. The van der Waals surface area contributed by atoms with Gasteiger partial charge in [0.2, 0.25) is 0 Å². The van der Waals surface area contributed by atoms with E-state index in [0.717, 1.165) is 6.42 Å². The van der Waals surface area contributed by atoms with Crippen molar-refractivity contribution in [1.82, 2.24) is 0 Å². The molecule has 4 aromatic rings. The molecule has 2 aliphatic carbocycles. The summed E-state index contributed by atoms with van der Waals surface area (Å²) >= 11 is 0. The Morgan fingerprint density at radius 1 is 0.480 bits per heavy atom. The first-order valence-electron chi connectivity index (χ1n) is 8.77. The lowest BCUT2D eigenvalue weighted by molar-refractivity contribution is 1.29. The zero-order chi connectivity index (χ0) is 16.6. The molecule has 2 aliphatic rings. The van der Waals surface area contributed by atoms with Crippen molar-refractivity contribution in [3.05, 3.63) is 101 Å². The molecule has 4 aromatic carbocycles. The highest BCUT2D eigenvalue weighted by molar-refractivity contribution is 6.04. The first-order valence-corrected chi connectivity index (χ1v) is 8.77. The lowest BCUT2D eigenvalue weighted by Gasteiger charge is -2.11. The minimum Gasteiger partial charge on any atom is -0.0795 e. The largest absolute Gasteiger partial charge is 0.0795 e. The number of allylic oxidation sites excluding steroid dienone is 1. The fraction of sp³-hybridized carbons (Fsp3) is 0.0400. The van der Waals surface area contributed by atoms with Crippen molar-refractivity contribution in [1.29, 1.82) is 0 Å². The summed E-state index contributed by atoms with van der Waals surface area (Å²) in [6.45, 7) is 0. The standard InChI is InChI=1S/C13H10.C12H8/c1-4-10-6-2-8-12-9-3-7-11(5-1)13(10)12;1-3-9-4-2-6-11-8-7-10(5-1)12(9)11/h1-8H,9H2;1-8H. The van der Waals surface area contributed by atoms with E-state index >= 15 is 0 Å². The first kappa shape index (κ1) is 14.2. The average Bonchev–Trinajstić information content (AvgIpc) is 3.09. The van der Waals surface area contributed by atoms with Crippen LogP contribution in [0.1, 0.15) is 22.3 Å². The molecule has 25 heavy (non-hydrogen) atoms. The van der Waals surface area contributed by atoms with E-state index in [0.29, 0.717) is 0 Å². The molecule has 0 saturated carbocycles. The van der Waals surface area contributed by atoms with E-state index < -0.39 is 0 Å². The van der Waals surface area contributed by atoms with Crippen molar-refractivity contribution in [2.24, 2.45) is 0 Å². The van der Waals surface area contributed by atoms with Gasteiger partial charge in [-0.1, -0.05) is 97.1 Å². The Kier molecular flexibility index (Phi) is 3.28. The maximum Gasteiger partial charge on any atom is -0.00389 e. The van der Waals surface area contributed by atoms with Crippen LogP contribution < -0.4 is 0 Å². The zero-order valence-corrected chi connectivity index (χ0v) is 13.9. The molecule has 0 heteroatoms. The first-order chi connectivity index (χ1) is 12.4.